The van der Waals surface area contributed by atoms with Gasteiger partial charge in [0.25, 0.3) is 0 Å². The SMILES string of the molecule is CCC(C)(C)c1cc(Cl)cc(C2OCCO2)c1. The summed E-state index contributed by atoms with van der Waals surface area (Å²) in [4.78, 5) is 0. The van der Waals surface area contributed by atoms with E-state index in [1.807, 2.05) is 12.1 Å². The van der Waals surface area contributed by atoms with Crippen molar-refractivity contribution < 1.29 is 9.47 Å². The molecule has 1 fully saturated rings. The van der Waals surface area contributed by atoms with Crippen molar-refractivity contribution in [2.45, 2.75) is 38.9 Å². The molecule has 1 heterocycles. The van der Waals surface area contributed by atoms with Gasteiger partial charge in [-0.1, -0.05) is 38.4 Å². The van der Waals surface area contributed by atoms with Crippen LogP contribution in [0, 0.1) is 0 Å². The Morgan fingerprint density at radius 2 is 1.88 bits per heavy atom. The molecule has 0 spiro atoms. The van der Waals surface area contributed by atoms with Crippen molar-refractivity contribution in [2.75, 3.05) is 13.2 Å². The van der Waals surface area contributed by atoms with Gasteiger partial charge in [0.1, 0.15) is 0 Å². The second-order valence-electron chi connectivity index (χ2n) is 5.08. The molecule has 0 atom stereocenters. The number of hydrogen-bond donors (Lipinski definition) is 0. The Bertz CT molecular complexity index is 395. The van der Waals surface area contributed by atoms with Crippen LogP contribution < -0.4 is 0 Å². The maximum Gasteiger partial charge on any atom is 0.184 e. The largest absolute Gasteiger partial charge is 0.346 e. The smallest absolute Gasteiger partial charge is 0.184 e. The number of rotatable bonds is 3. The van der Waals surface area contributed by atoms with E-state index in [9.17, 15) is 0 Å². The van der Waals surface area contributed by atoms with Crippen LogP contribution in [0.5, 0.6) is 0 Å². The van der Waals surface area contributed by atoms with Gasteiger partial charge in [0.05, 0.1) is 13.2 Å². The van der Waals surface area contributed by atoms with Gasteiger partial charge in [0, 0.05) is 10.6 Å². The van der Waals surface area contributed by atoms with Gasteiger partial charge < -0.3 is 9.47 Å². The highest BCUT2D eigenvalue weighted by molar-refractivity contribution is 6.30. The van der Waals surface area contributed by atoms with Gasteiger partial charge in [-0.05, 0) is 29.5 Å². The molecule has 0 bridgehead atoms. The first kappa shape index (κ1) is 12.9. The third kappa shape index (κ3) is 2.82. The fourth-order valence-electron chi connectivity index (χ4n) is 1.89. The first-order chi connectivity index (χ1) is 8.03. The average Bonchev–Trinajstić information content (AvgIpc) is 2.81. The van der Waals surface area contributed by atoms with Gasteiger partial charge in [-0.25, -0.2) is 0 Å². The number of benzene rings is 1. The highest BCUT2D eigenvalue weighted by atomic mass is 35.5. The predicted molar refractivity (Wildman–Crippen MR) is 69.4 cm³/mol. The molecule has 3 heteroatoms. The van der Waals surface area contributed by atoms with Crippen LogP contribution in [0.3, 0.4) is 0 Å². The van der Waals surface area contributed by atoms with Crippen molar-refractivity contribution in [2.24, 2.45) is 0 Å². The van der Waals surface area contributed by atoms with Gasteiger partial charge >= 0.3 is 0 Å². The lowest BCUT2D eigenvalue weighted by Crippen LogP contribution is -2.16. The molecule has 1 aliphatic heterocycles. The standard InChI is InChI=1S/C14H19ClO2/c1-4-14(2,3)11-7-10(8-12(15)9-11)13-16-5-6-17-13/h7-9,13H,4-6H2,1-3H3. The summed E-state index contributed by atoms with van der Waals surface area (Å²) < 4.78 is 11.0. The molecule has 0 radical (unpaired) electrons. The summed E-state index contributed by atoms with van der Waals surface area (Å²) in [5, 5.41) is 0.748. The van der Waals surface area contributed by atoms with Gasteiger partial charge in [0.15, 0.2) is 6.29 Å². The van der Waals surface area contributed by atoms with Crippen LogP contribution in [0.1, 0.15) is 44.6 Å². The molecule has 0 unspecified atom stereocenters. The number of ether oxygens (including phenoxy) is 2. The molecule has 0 saturated carbocycles. The third-order valence-corrected chi connectivity index (χ3v) is 3.70. The Morgan fingerprint density at radius 3 is 2.47 bits per heavy atom. The highest BCUT2D eigenvalue weighted by Gasteiger charge is 2.23. The van der Waals surface area contributed by atoms with E-state index in [-0.39, 0.29) is 11.7 Å². The minimum absolute atomic E-state index is 0.123. The Balaban J connectivity index is 2.35. The first-order valence-corrected chi connectivity index (χ1v) is 6.45. The van der Waals surface area contributed by atoms with Crippen molar-refractivity contribution in [3.05, 3.63) is 34.3 Å². The van der Waals surface area contributed by atoms with E-state index < -0.39 is 0 Å². The third-order valence-electron chi connectivity index (χ3n) is 3.48. The summed E-state index contributed by atoms with van der Waals surface area (Å²) in [6.07, 6.45) is 0.819. The summed E-state index contributed by atoms with van der Waals surface area (Å²) in [5.41, 5.74) is 2.38. The quantitative estimate of drug-likeness (QED) is 0.810. The van der Waals surface area contributed by atoms with Gasteiger partial charge in [0.2, 0.25) is 0 Å². The zero-order chi connectivity index (χ0) is 12.5. The predicted octanol–water partition coefficient (Wildman–Crippen LogP) is 4.07. The maximum absolute atomic E-state index is 6.18. The molecule has 17 heavy (non-hydrogen) atoms. The second kappa shape index (κ2) is 4.97. The molecule has 0 amide bonds. The number of hydrogen-bond acceptors (Lipinski definition) is 2. The van der Waals surface area contributed by atoms with Crippen LogP contribution in [0.15, 0.2) is 18.2 Å². The minimum Gasteiger partial charge on any atom is -0.346 e. The molecule has 1 aliphatic rings. The van der Waals surface area contributed by atoms with E-state index in [1.165, 1.54) is 5.56 Å². The molecule has 94 valence electrons. The molecule has 0 N–H and O–H groups in total. The minimum atomic E-state index is -0.250. The summed E-state index contributed by atoms with van der Waals surface area (Å²) in [5.74, 6) is 0. The van der Waals surface area contributed by atoms with Gasteiger partial charge in [-0.15, -0.1) is 0 Å². The molecule has 1 aromatic rings. The van der Waals surface area contributed by atoms with E-state index in [1.54, 1.807) is 0 Å². The van der Waals surface area contributed by atoms with Crippen LogP contribution in [0.2, 0.25) is 5.02 Å². The topological polar surface area (TPSA) is 18.5 Å². The van der Waals surface area contributed by atoms with Gasteiger partial charge in [-0.3, -0.25) is 0 Å². The maximum atomic E-state index is 6.18. The molecule has 1 aromatic carbocycles. The summed E-state index contributed by atoms with van der Waals surface area (Å²) in [6, 6.07) is 6.10. The number of halogens is 1. The van der Waals surface area contributed by atoms with Crippen LogP contribution in [-0.4, -0.2) is 13.2 Å². The Hall–Kier alpha value is -0.570. The summed E-state index contributed by atoms with van der Waals surface area (Å²) in [6.45, 7) is 7.94. The molecular weight excluding hydrogens is 236 g/mol. The van der Waals surface area contributed by atoms with Crippen molar-refractivity contribution in [1.29, 1.82) is 0 Å². The van der Waals surface area contributed by atoms with E-state index in [0.29, 0.717) is 13.2 Å². The zero-order valence-electron chi connectivity index (χ0n) is 10.6. The van der Waals surface area contributed by atoms with Crippen molar-refractivity contribution in [3.63, 3.8) is 0 Å². The fraction of sp³-hybridized carbons (Fsp3) is 0.571. The normalized spacial score (nSPS) is 17.6. The van der Waals surface area contributed by atoms with Crippen LogP contribution in [0.4, 0.5) is 0 Å². The lowest BCUT2D eigenvalue weighted by Gasteiger charge is -2.25. The van der Waals surface area contributed by atoms with E-state index in [2.05, 4.69) is 26.8 Å². The van der Waals surface area contributed by atoms with Crippen molar-refractivity contribution >= 4 is 11.6 Å². The Morgan fingerprint density at radius 1 is 1.24 bits per heavy atom. The van der Waals surface area contributed by atoms with E-state index in [4.69, 9.17) is 21.1 Å². The van der Waals surface area contributed by atoms with Crippen LogP contribution in [-0.2, 0) is 14.9 Å². The van der Waals surface area contributed by atoms with Crippen LogP contribution in [0.25, 0.3) is 0 Å². The summed E-state index contributed by atoms with van der Waals surface area (Å²) in [7, 11) is 0. The molecular formula is C14H19ClO2. The monoisotopic (exact) mass is 254 g/mol. The Labute approximate surface area is 108 Å². The fourth-order valence-corrected chi connectivity index (χ4v) is 2.14. The van der Waals surface area contributed by atoms with Crippen molar-refractivity contribution in [3.8, 4) is 0 Å². The lowest BCUT2D eigenvalue weighted by atomic mass is 9.81. The molecule has 0 aliphatic carbocycles. The van der Waals surface area contributed by atoms with Crippen molar-refractivity contribution in [1.82, 2.24) is 0 Å². The zero-order valence-corrected chi connectivity index (χ0v) is 11.4. The summed E-state index contributed by atoms with van der Waals surface area (Å²) >= 11 is 6.18. The van der Waals surface area contributed by atoms with E-state index >= 15 is 0 Å². The van der Waals surface area contributed by atoms with E-state index in [0.717, 1.165) is 17.0 Å². The van der Waals surface area contributed by atoms with Crippen LogP contribution >= 0.6 is 11.6 Å². The lowest BCUT2D eigenvalue weighted by molar-refractivity contribution is -0.0441. The molecule has 1 saturated heterocycles. The average molecular weight is 255 g/mol. The first-order valence-electron chi connectivity index (χ1n) is 6.07. The molecule has 0 aromatic heterocycles. The molecule has 2 nitrogen and oxygen atoms in total. The second-order valence-corrected chi connectivity index (χ2v) is 5.52. The Kier molecular flexibility index (Phi) is 3.76. The molecule has 2 rings (SSSR count). The van der Waals surface area contributed by atoms with Gasteiger partial charge in [-0.2, -0.15) is 0 Å². The highest BCUT2D eigenvalue weighted by Crippen LogP contribution is 2.33.